The van der Waals surface area contributed by atoms with E-state index in [9.17, 15) is 4.79 Å². The first-order valence-corrected chi connectivity index (χ1v) is 4.40. The molecule has 0 heterocycles. The summed E-state index contributed by atoms with van der Waals surface area (Å²) in [5, 5.41) is 11.3. The first kappa shape index (κ1) is 10.3. The summed E-state index contributed by atoms with van der Waals surface area (Å²) in [4.78, 5) is 10.4. The second-order valence-electron chi connectivity index (χ2n) is 2.95. The Bertz CT molecular complexity index is 319. The van der Waals surface area contributed by atoms with Crippen LogP contribution in [0.15, 0.2) is 42.6 Å². The van der Waals surface area contributed by atoms with E-state index in [2.05, 4.69) is 11.9 Å². The molecule has 74 valence electrons. The maximum atomic E-state index is 10.4. The van der Waals surface area contributed by atoms with Gasteiger partial charge in [-0.1, -0.05) is 36.9 Å². The van der Waals surface area contributed by atoms with Gasteiger partial charge in [-0.2, -0.15) is 0 Å². The van der Waals surface area contributed by atoms with E-state index in [4.69, 9.17) is 5.11 Å². The smallest absolute Gasteiger partial charge is 0.351 e. The lowest BCUT2D eigenvalue weighted by molar-refractivity contribution is -0.133. The number of aliphatic carboxylic acids is 1. The van der Waals surface area contributed by atoms with Crippen LogP contribution in [0, 0.1) is 0 Å². The molecule has 0 fully saturated rings. The quantitative estimate of drug-likeness (QED) is 0.692. The van der Waals surface area contributed by atoms with Crippen LogP contribution in [-0.4, -0.2) is 17.6 Å². The van der Waals surface area contributed by atoms with Crippen LogP contribution in [0.4, 0.5) is 0 Å². The molecule has 2 N–H and O–H groups in total. The van der Waals surface area contributed by atoms with Crippen molar-refractivity contribution in [3.63, 3.8) is 0 Å². The summed E-state index contributed by atoms with van der Waals surface area (Å²) in [6.45, 7) is 3.97. The Balaban J connectivity index is 2.29. The van der Waals surface area contributed by atoms with Crippen molar-refractivity contribution in [3.05, 3.63) is 48.2 Å². The average molecular weight is 191 g/mol. The molecule has 14 heavy (non-hydrogen) atoms. The van der Waals surface area contributed by atoms with Gasteiger partial charge in [-0.25, -0.2) is 4.79 Å². The Labute approximate surface area is 83.1 Å². The molecule has 0 aromatic heterocycles. The van der Waals surface area contributed by atoms with Crippen LogP contribution in [0.25, 0.3) is 0 Å². The molecule has 0 saturated heterocycles. The number of rotatable bonds is 5. The van der Waals surface area contributed by atoms with Gasteiger partial charge < -0.3 is 10.4 Å². The molecular formula is C11H13NO2. The average Bonchev–Trinajstić information content (AvgIpc) is 2.19. The lowest BCUT2D eigenvalue weighted by Crippen LogP contribution is -2.21. The van der Waals surface area contributed by atoms with E-state index < -0.39 is 5.97 Å². The number of hydrogen-bond acceptors (Lipinski definition) is 2. The minimum Gasteiger partial charge on any atom is -0.477 e. The highest BCUT2D eigenvalue weighted by Gasteiger charge is 2.01. The highest BCUT2D eigenvalue weighted by molar-refractivity contribution is 5.84. The molecule has 0 spiro atoms. The zero-order valence-electron chi connectivity index (χ0n) is 7.86. The molecule has 1 aromatic carbocycles. The van der Waals surface area contributed by atoms with E-state index in [1.165, 1.54) is 5.56 Å². The third-order valence-electron chi connectivity index (χ3n) is 1.85. The maximum absolute atomic E-state index is 10.4. The Kier molecular flexibility index (Phi) is 3.73. The molecule has 3 nitrogen and oxygen atoms in total. The molecule has 0 aliphatic carbocycles. The van der Waals surface area contributed by atoms with E-state index in [-0.39, 0.29) is 5.70 Å². The molecule has 0 unspecified atom stereocenters. The van der Waals surface area contributed by atoms with Gasteiger partial charge in [-0.3, -0.25) is 0 Å². The fourth-order valence-electron chi connectivity index (χ4n) is 1.08. The Morgan fingerprint density at radius 3 is 2.57 bits per heavy atom. The van der Waals surface area contributed by atoms with Crippen LogP contribution < -0.4 is 5.32 Å². The van der Waals surface area contributed by atoms with Gasteiger partial charge in [0, 0.05) is 6.54 Å². The van der Waals surface area contributed by atoms with Crippen molar-refractivity contribution in [2.24, 2.45) is 0 Å². The van der Waals surface area contributed by atoms with E-state index in [1.54, 1.807) is 0 Å². The molecule has 0 amide bonds. The minimum absolute atomic E-state index is 0.0425. The topological polar surface area (TPSA) is 49.3 Å². The number of carboxylic acid groups (broad SMARTS) is 1. The highest BCUT2D eigenvalue weighted by Crippen LogP contribution is 1.98. The summed E-state index contributed by atoms with van der Waals surface area (Å²) < 4.78 is 0. The standard InChI is InChI=1S/C11H13NO2/c1-9(11(13)14)12-8-7-10-5-3-2-4-6-10/h2-6,12H,1,7-8H2,(H,13,14). The Morgan fingerprint density at radius 1 is 1.36 bits per heavy atom. The van der Waals surface area contributed by atoms with Gasteiger partial charge >= 0.3 is 5.97 Å². The van der Waals surface area contributed by atoms with E-state index in [0.29, 0.717) is 6.54 Å². The van der Waals surface area contributed by atoms with Gasteiger partial charge in [0.1, 0.15) is 5.70 Å². The number of nitrogens with one attached hydrogen (secondary N) is 1. The molecule has 0 radical (unpaired) electrons. The van der Waals surface area contributed by atoms with Crippen molar-refractivity contribution in [2.75, 3.05) is 6.54 Å². The second kappa shape index (κ2) is 5.07. The maximum Gasteiger partial charge on any atom is 0.351 e. The summed E-state index contributed by atoms with van der Waals surface area (Å²) in [5.41, 5.74) is 1.22. The van der Waals surface area contributed by atoms with Crippen LogP contribution in [0.3, 0.4) is 0 Å². The predicted molar refractivity (Wildman–Crippen MR) is 54.9 cm³/mol. The fourth-order valence-corrected chi connectivity index (χ4v) is 1.08. The van der Waals surface area contributed by atoms with Crippen LogP contribution in [0.1, 0.15) is 5.56 Å². The number of carboxylic acids is 1. The van der Waals surface area contributed by atoms with Gasteiger partial charge in [0.05, 0.1) is 0 Å². The van der Waals surface area contributed by atoms with Crippen molar-refractivity contribution in [2.45, 2.75) is 6.42 Å². The number of carbonyl (C=O) groups is 1. The zero-order chi connectivity index (χ0) is 10.4. The van der Waals surface area contributed by atoms with Crippen molar-refractivity contribution < 1.29 is 9.90 Å². The molecule has 1 aromatic rings. The summed E-state index contributed by atoms with van der Waals surface area (Å²) in [5.74, 6) is -1.00. The monoisotopic (exact) mass is 191 g/mol. The molecule has 0 saturated carbocycles. The van der Waals surface area contributed by atoms with Crippen LogP contribution in [0.2, 0.25) is 0 Å². The summed E-state index contributed by atoms with van der Waals surface area (Å²) in [6, 6.07) is 9.88. The van der Waals surface area contributed by atoms with Gasteiger partial charge in [0.15, 0.2) is 0 Å². The van der Waals surface area contributed by atoms with Gasteiger partial charge in [-0.05, 0) is 12.0 Å². The third kappa shape index (κ3) is 3.31. The molecule has 3 heteroatoms. The zero-order valence-corrected chi connectivity index (χ0v) is 7.86. The van der Waals surface area contributed by atoms with Gasteiger partial charge in [0.25, 0.3) is 0 Å². The van der Waals surface area contributed by atoms with Crippen LogP contribution in [0.5, 0.6) is 0 Å². The number of hydrogen-bond donors (Lipinski definition) is 2. The number of benzene rings is 1. The largest absolute Gasteiger partial charge is 0.477 e. The molecular weight excluding hydrogens is 178 g/mol. The van der Waals surface area contributed by atoms with E-state index >= 15 is 0 Å². The molecule has 0 aliphatic heterocycles. The molecule has 1 rings (SSSR count). The SMILES string of the molecule is C=C(NCCc1ccccc1)C(=O)O. The van der Waals surface area contributed by atoms with Crippen molar-refractivity contribution in [3.8, 4) is 0 Å². The normalized spacial score (nSPS) is 9.43. The fraction of sp³-hybridized carbons (Fsp3) is 0.182. The van der Waals surface area contributed by atoms with Crippen molar-refractivity contribution >= 4 is 5.97 Å². The Morgan fingerprint density at radius 2 is 2.00 bits per heavy atom. The molecule has 0 bridgehead atoms. The molecule has 0 aliphatic rings. The van der Waals surface area contributed by atoms with Crippen LogP contribution >= 0.6 is 0 Å². The van der Waals surface area contributed by atoms with E-state index in [0.717, 1.165) is 6.42 Å². The highest BCUT2D eigenvalue weighted by atomic mass is 16.4. The van der Waals surface area contributed by atoms with Crippen LogP contribution in [-0.2, 0) is 11.2 Å². The predicted octanol–water partition coefficient (Wildman–Crippen LogP) is 1.42. The Hall–Kier alpha value is -1.77. The van der Waals surface area contributed by atoms with Crippen molar-refractivity contribution in [1.29, 1.82) is 0 Å². The summed E-state index contributed by atoms with van der Waals surface area (Å²) in [6.07, 6.45) is 0.799. The third-order valence-corrected chi connectivity index (χ3v) is 1.85. The molecule has 0 atom stereocenters. The minimum atomic E-state index is -1.00. The van der Waals surface area contributed by atoms with Gasteiger partial charge in [-0.15, -0.1) is 0 Å². The lowest BCUT2D eigenvalue weighted by Gasteiger charge is -2.04. The first-order valence-electron chi connectivity index (χ1n) is 4.40. The first-order chi connectivity index (χ1) is 6.70. The second-order valence-corrected chi connectivity index (χ2v) is 2.95. The van der Waals surface area contributed by atoms with Crippen molar-refractivity contribution in [1.82, 2.24) is 5.32 Å². The van der Waals surface area contributed by atoms with Gasteiger partial charge in [0.2, 0.25) is 0 Å². The van der Waals surface area contributed by atoms with E-state index in [1.807, 2.05) is 30.3 Å². The summed E-state index contributed by atoms with van der Waals surface area (Å²) >= 11 is 0. The lowest BCUT2D eigenvalue weighted by atomic mass is 10.1. The summed E-state index contributed by atoms with van der Waals surface area (Å²) in [7, 11) is 0.